The van der Waals surface area contributed by atoms with Crippen LogP contribution in [0, 0.1) is 6.92 Å². The van der Waals surface area contributed by atoms with Crippen LogP contribution in [0.5, 0.6) is 11.5 Å². The van der Waals surface area contributed by atoms with Gasteiger partial charge in [0.05, 0.1) is 13.2 Å². The number of methoxy groups -OCH3 is 1. The van der Waals surface area contributed by atoms with Gasteiger partial charge in [-0.2, -0.15) is 0 Å². The SMILES string of the molecule is COC(=O)[C@]1(Cc2ccccc2)N[C@H](c2cccc(C)c2)c2c1c(O)c1ccccc1c2O. The third kappa shape index (κ3) is 3.24. The third-order valence-corrected chi connectivity index (χ3v) is 6.53. The molecule has 0 amide bonds. The van der Waals surface area contributed by atoms with Gasteiger partial charge in [-0.3, -0.25) is 5.32 Å². The minimum atomic E-state index is -1.38. The Labute approximate surface area is 192 Å². The standard InChI is InChI=1S/C28H25NO4/c1-17-9-8-12-19(15-17)24-22-23(26(31)21-14-7-6-13-20(21)25(22)30)28(29-24,27(32)33-2)16-18-10-4-3-5-11-18/h3-15,24,29-31H,16H2,1-2H3/t24-,28-/m1/s1. The number of benzene rings is 4. The monoisotopic (exact) mass is 439 g/mol. The van der Waals surface area contributed by atoms with Crippen molar-refractivity contribution in [1.82, 2.24) is 5.32 Å². The fourth-order valence-corrected chi connectivity index (χ4v) is 5.07. The van der Waals surface area contributed by atoms with Gasteiger partial charge in [-0.05, 0) is 18.1 Å². The summed E-state index contributed by atoms with van der Waals surface area (Å²) >= 11 is 0. The van der Waals surface area contributed by atoms with E-state index in [-0.39, 0.29) is 17.9 Å². The van der Waals surface area contributed by atoms with Gasteiger partial charge in [-0.25, -0.2) is 4.79 Å². The van der Waals surface area contributed by atoms with Gasteiger partial charge in [0.1, 0.15) is 11.5 Å². The molecule has 1 aliphatic heterocycles. The number of aryl methyl sites for hydroxylation is 1. The molecule has 166 valence electrons. The summed E-state index contributed by atoms with van der Waals surface area (Å²) in [7, 11) is 1.34. The van der Waals surface area contributed by atoms with Gasteiger partial charge in [-0.1, -0.05) is 84.4 Å². The molecular formula is C28H25NO4. The van der Waals surface area contributed by atoms with Crippen molar-refractivity contribution in [3.8, 4) is 11.5 Å². The fraction of sp³-hybridized carbons (Fsp3) is 0.179. The van der Waals surface area contributed by atoms with E-state index in [9.17, 15) is 15.0 Å². The minimum Gasteiger partial charge on any atom is -0.507 e. The van der Waals surface area contributed by atoms with Gasteiger partial charge in [0.25, 0.3) is 0 Å². The number of hydrogen-bond acceptors (Lipinski definition) is 5. The molecule has 0 spiro atoms. The lowest BCUT2D eigenvalue weighted by Crippen LogP contribution is -2.48. The van der Waals surface area contributed by atoms with Crippen molar-refractivity contribution in [2.45, 2.75) is 24.9 Å². The number of aromatic hydroxyl groups is 2. The van der Waals surface area contributed by atoms with Gasteiger partial charge in [0, 0.05) is 28.3 Å². The van der Waals surface area contributed by atoms with Crippen LogP contribution in [0.1, 0.15) is 33.9 Å². The molecule has 1 aliphatic rings. The molecule has 0 unspecified atom stereocenters. The second-order valence-electron chi connectivity index (χ2n) is 8.58. The van der Waals surface area contributed by atoms with Crippen molar-refractivity contribution in [3.05, 3.63) is 107 Å². The number of esters is 1. The molecule has 33 heavy (non-hydrogen) atoms. The molecule has 0 aliphatic carbocycles. The molecule has 0 radical (unpaired) electrons. The summed E-state index contributed by atoms with van der Waals surface area (Å²) in [6.07, 6.45) is 0.251. The van der Waals surface area contributed by atoms with Gasteiger partial charge < -0.3 is 14.9 Å². The minimum absolute atomic E-state index is 0.0256. The zero-order chi connectivity index (χ0) is 23.2. The molecular weight excluding hydrogens is 414 g/mol. The zero-order valence-electron chi connectivity index (χ0n) is 18.5. The number of fused-ring (bicyclic) bond motifs is 2. The molecule has 5 rings (SSSR count). The quantitative estimate of drug-likeness (QED) is 0.313. The Hall–Kier alpha value is -3.83. The van der Waals surface area contributed by atoms with Gasteiger partial charge in [-0.15, -0.1) is 0 Å². The van der Waals surface area contributed by atoms with E-state index in [1.807, 2.05) is 67.6 Å². The molecule has 0 aromatic heterocycles. The first-order chi connectivity index (χ1) is 16.0. The molecule has 0 fully saturated rings. The highest BCUT2D eigenvalue weighted by Gasteiger charge is 2.54. The van der Waals surface area contributed by atoms with Gasteiger partial charge in [0.2, 0.25) is 0 Å². The topological polar surface area (TPSA) is 78.8 Å². The van der Waals surface area contributed by atoms with E-state index in [1.54, 1.807) is 18.2 Å². The Morgan fingerprint density at radius 1 is 0.939 bits per heavy atom. The Kier molecular flexibility index (Phi) is 5.06. The largest absolute Gasteiger partial charge is 0.507 e. The second kappa shape index (κ2) is 7.94. The first-order valence-electron chi connectivity index (χ1n) is 10.9. The molecule has 0 saturated heterocycles. The Balaban J connectivity index is 1.85. The van der Waals surface area contributed by atoms with E-state index < -0.39 is 17.6 Å². The molecule has 5 nitrogen and oxygen atoms in total. The van der Waals surface area contributed by atoms with Crippen LogP contribution in [-0.4, -0.2) is 23.3 Å². The highest BCUT2D eigenvalue weighted by molar-refractivity contribution is 6.00. The number of hydrogen-bond donors (Lipinski definition) is 3. The fourth-order valence-electron chi connectivity index (χ4n) is 5.07. The summed E-state index contributed by atoms with van der Waals surface area (Å²) in [6.45, 7) is 1.99. The van der Waals surface area contributed by atoms with E-state index in [0.717, 1.165) is 16.7 Å². The zero-order valence-corrected chi connectivity index (χ0v) is 18.5. The van der Waals surface area contributed by atoms with E-state index in [1.165, 1.54) is 7.11 Å². The molecule has 0 saturated carbocycles. The number of carbonyl (C=O) groups excluding carboxylic acids is 1. The van der Waals surface area contributed by atoms with E-state index in [4.69, 9.17) is 4.74 Å². The van der Waals surface area contributed by atoms with Crippen LogP contribution < -0.4 is 5.32 Å². The van der Waals surface area contributed by atoms with Crippen LogP contribution in [0.25, 0.3) is 10.8 Å². The molecule has 4 aromatic rings. The van der Waals surface area contributed by atoms with Crippen LogP contribution in [0.3, 0.4) is 0 Å². The normalized spacial score (nSPS) is 19.4. The number of phenols is 2. The number of phenolic OH excluding ortho intramolecular Hbond substituents is 2. The number of carbonyl (C=O) groups is 1. The van der Waals surface area contributed by atoms with Crippen LogP contribution in [0.15, 0.2) is 78.9 Å². The highest BCUT2D eigenvalue weighted by atomic mass is 16.5. The summed E-state index contributed by atoms with van der Waals surface area (Å²) < 4.78 is 5.29. The van der Waals surface area contributed by atoms with E-state index in [0.29, 0.717) is 21.9 Å². The molecule has 0 bridgehead atoms. The molecule has 4 aromatic carbocycles. The molecule has 3 N–H and O–H groups in total. The number of rotatable bonds is 4. The average molecular weight is 440 g/mol. The first kappa shape index (κ1) is 21.0. The maximum absolute atomic E-state index is 13.5. The predicted molar refractivity (Wildman–Crippen MR) is 127 cm³/mol. The number of nitrogens with one attached hydrogen (secondary N) is 1. The van der Waals surface area contributed by atoms with E-state index >= 15 is 0 Å². The second-order valence-corrected chi connectivity index (χ2v) is 8.58. The van der Waals surface area contributed by atoms with Crippen molar-refractivity contribution >= 4 is 16.7 Å². The maximum atomic E-state index is 13.5. The van der Waals surface area contributed by atoms with Gasteiger partial charge >= 0.3 is 5.97 Å². The van der Waals surface area contributed by atoms with Crippen LogP contribution in [0.2, 0.25) is 0 Å². The lowest BCUT2D eigenvalue weighted by molar-refractivity contribution is -0.149. The van der Waals surface area contributed by atoms with Crippen LogP contribution >= 0.6 is 0 Å². The van der Waals surface area contributed by atoms with Crippen molar-refractivity contribution in [2.75, 3.05) is 7.11 Å². The summed E-state index contributed by atoms with van der Waals surface area (Å²) in [5, 5.41) is 27.5. The summed E-state index contributed by atoms with van der Waals surface area (Å²) in [5.74, 6) is -0.494. The van der Waals surface area contributed by atoms with Crippen molar-refractivity contribution in [1.29, 1.82) is 0 Å². The van der Waals surface area contributed by atoms with Crippen LogP contribution in [-0.2, 0) is 21.5 Å². The van der Waals surface area contributed by atoms with Crippen LogP contribution in [0.4, 0.5) is 0 Å². The first-order valence-corrected chi connectivity index (χ1v) is 10.9. The lowest BCUT2D eigenvalue weighted by Gasteiger charge is -2.30. The molecule has 1 heterocycles. The van der Waals surface area contributed by atoms with E-state index in [2.05, 4.69) is 5.32 Å². The Morgan fingerprint density at radius 3 is 2.27 bits per heavy atom. The van der Waals surface area contributed by atoms with Crippen molar-refractivity contribution in [2.24, 2.45) is 0 Å². The Bertz CT molecular complexity index is 1370. The average Bonchev–Trinajstić information content (AvgIpc) is 3.19. The number of ether oxygens (including phenoxy) is 1. The maximum Gasteiger partial charge on any atom is 0.331 e. The summed E-state index contributed by atoms with van der Waals surface area (Å²) in [5.41, 5.74) is 2.32. The lowest BCUT2D eigenvalue weighted by atomic mass is 9.81. The highest BCUT2D eigenvalue weighted by Crippen LogP contribution is 2.54. The summed E-state index contributed by atoms with van der Waals surface area (Å²) in [4.78, 5) is 13.5. The predicted octanol–water partition coefficient (Wildman–Crippen LogP) is 4.86. The molecule has 2 atom stereocenters. The smallest absolute Gasteiger partial charge is 0.331 e. The summed E-state index contributed by atoms with van der Waals surface area (Å²) in [6, 6.07) is 24.1. The molecule has 5 heteroatoms. The van der Waals surface area contributed by atoms with Crippen molar-refractivity contribution < 1.29 is 19.7 Å². The van der Waals surface area contributed by atoms with Crippen molar-refractivity contribution in [3.63, 3.8) is 0 Å². The third-order valence-electron chi connectivity index (χ3n) is 6.53. The Morgan fingerprint density at radius 2 is 1.61 bits per heavy atom. The van der Waals surface area contributed by atoms with Gasteiger partial charge in [0.15, 0.2) is 5.54 Å².